The molecular weight excluding hydrogens is 376 g/mol. The van der Waals surface area contributed by atoms with Gasteiger partial charge in [-0.25, -0.2) is 0 Å². The third-order valence-corrected chi connectivity index (χ3v) is 5.23. The van der Waals surface area contributed by atoms with E-state index >= 15 is 0 Å². The quantitative estimate of drug-likeness (QED) is 0.558. The summed E-state index contributed by atoms with van der Waals surface area (Å²) >= 11 is 0. The van der Waals surface area contributed by atoms with Crippen LogP contribution >= 0.6 is 0 Å². The Hall–Kier alpha value is -3.33. The van der Waals surface area contributed by atoms with Crippen molar-refractivity contribution in [3.8, 4) is 0 Å². The average molecular weight is 396 g/mol. The lowest BCUT2D eigenvalue weighted by Crippen LogP contribution is -2.54. The van der Waals surface area contributed by atoms with E-state index in [0.29, 0.717) is 12.2 Å². The third-order valence-electron chi connectivity index (χ3n) is 5.23. The van der Waals surface area contributed by atoms with Crippen LogP contribution in [0.15, 0.2) is 30.4 Å². The maximum Gasteiger partial charge on any atom is 0.262 e. The molecule has 1 saturated heterocycles. The van der Waals surface area contributed by atoms with E-state index in [0.717, 1.165) is 17.9 Å². The van der Waals surface area contributed by atoms with E-state index in [4.69, 9.17) is 0 Å². The lowest BCUT2D eigenvalue weighted by atomic mass is 10.0. The average Bonchev–Trinajstić information content (AvgIpc) is 2.93. The van der Waals surface area contributed by atoms with Crippen LogP contribution in [0.25, 0.3) is 0 Å². The molecule has 1 unspecified atom stereocenters. The molecule has 29 heavy (non-hydrogen) atoms. The Labute approximate surface area is 166 Å². The minimum absolute atomic E-state index is 0.0663. The molecule has 3 aliphatic heterocycles. The Morgan fingerprint density at radius 2 is 1.90 bits per heavy atom. The van der Waals surface area contributed by atoms with Gasteiger partial charge in [0.25, 0.3) is 11.8 Å². The van der Waals surface area contributed by atoms with E-state index in [1.807, 2.05) is 11.0 Å². The van der Waals surface area contributed by atoms with Crippen molar-refractivity contribution in [3.63, 3.8) is 0 Å². The predicted octanol–water partition coefficient (Wildman–Crippen LogP) is 0.288. The summed E-state index contributed by atoms with van der Waals surface area (Å²) in [7, 11) is 0. The van der Waals surface area contributed by atoms with Crippen molar-refractivity contribution in [1.82, 2.24) is 15.1 Å². The van der Waals surface area contributed by atoms with Crippen LogP contribution in [0.4, 0.5) is 5.69 Å². The minimum Gasteiger partial charge on any atom is -0.325 e. The number of hydrogen-bond acceptors (Lipinski definition) is 6. The van der Waals surface area contributed by atoms with Crippen molar-refractivity contribution in [3.05, 3.63) is 41.5 Å². The first-order valence-corrected chi connectivity index (χ1v) is 9.47. The first kappa shape index (κ1) is 19.0. The van der Waals surface area contributed by atoms with E-state index in [9.17, 15) is 24.0 Å². The van der Waals surface area contributed by atoms with Crippen molar-refractivity contribution in [2.45, 2.75) is 25.3 Å². The number of rotatable bonds is 4. The maximum atomic E-state index is 12.8. The molecule has 4 rings (SSSR count). The zero-order valence-corrected chi connectivity index (χ0v) is 15.6. The second-order valence-corrected chi connectivity index (χ2v) is 7.25. The zero-order valence-electron chi connectivity index (χ0n) is 15.6. The number of piperidine rings is 1. The number of carbonyl (C=O) groups is 5. The van der Waals surface area contributed by atoms with Crippen LogP contribution in [0, 0.1) is 0 Å². The van der Waals surface area contributed by atoms with Gasteiger partial charge in [0.2, 0.25) is 17.7 Å². The Morgan fingerprint density at radius 3 is 2.62 bits per heavy atom. The summed E-state index contributed by atoms with van der Waals surface area (Å²) in [6, 6.07) is 3.48. The molecule has 1 aromatic carbocycles. The third kappa shape index (κ3) is 3.68. The van der Waals surface area contributed by atoms with Crippen LogP contribution in [0.2, 0.25) is 0 Å². The second kappa shape index (κ2) is 7.59. The first-order valence-electron chi connectivity index (χ1n) is 9.47. The van der Waals surface area contributed by atoms with Crippen molar-refractivity contribution >= 4 is 35.2 Å². The SMILES string of the molecule is O=C1CCC(N2C(=O)c3ccc(NC(=O)CN4CC=CCC4)cc3C2=O)C(=O)N1. The highest BCUT2D eigenvalue weighted by atomic mass is 16.2. The largest absolute Gasteiger partial charge is 0.325 e. The number of nitrogens with zero attached hydrogens (tertiary/aromatic N) is 2. The number of hydrogen-bond donors (Lipinski definition) is 2. The number of amides is 5. The highest BCUT2D eigenvalue weighted by molar-refractivity contribution is 6.23. The topological polar surface area (TPSA) is 116 Å². The molecule has 0 spiro atoms. The van der Waals surface area contributed by atoms with E-state index in [1.54, 1.807) is 6.07 Å². The van der Waals surface area contributed by atoms with Gasteiger partial charge in [-0.2, -0.15) is 0 Å². The van der Waals surface area contributed by atoms with Gasteiger partial charge in [-0.15, -0.1) is 0 Å². The zero-order chi connectivity index (χ0) is 20.5. The fourth-order valence-electron chi connectivity index (χ4n) is 3.79. The van der Waals surface area contributed by atoms with E-state index in [1.165, 1.54) is 12.1 Å². The van der Waals surface area contributed by atoms with Gasteiger partial charge in [-0.05, 0) is 31.0 Å². The molecule has 1 atom stereocenters. The molecule has 1 fully saturated rings. The molecule has 150 valence electrons. The number of benzene rings is 1. The normalized spacial score (nSPS) is 21.9. The molecule has 0 saturated carbocycles. The van der Waals surface area contributed by atoms with Gasteiger partial charge in [-0.1, -0.05) is 12.2 Å². The number of carbonyl (C=O) groups excluding carboxylic acids is 5. The monoisotopic (exact) mass is 396 g/mol. The standard InChI is InChI=1S/C20H20N4O5/c25-16-7-6-15(18(27)22-16)24-19(28)13-5-4-12(10-14(13)20(24)29)21-17(26)11-23-8-2-1-3-9-23/h1-2,4-5,10,15H,3,6-9,11H2,(H,21,26)(H,22,25,27). The van der Waals surface area contributed by atoms with Crippen LogP contribution in [0.3, 0.4) is 0 Å². The predicted molar refractivity (Wildman–Crippen MR) is 102 cm³/mol. The van der Waals surface area contributed by atoms with Gasteiger partial charge < -0.3 is 5.32 Å². The van der Waals surface area contributed by atoms with E-state index in [2.05, 4.69) is 16.7 Å². The summed E-state index contributed by atoms with van der Waals surface area (Å²) in [6.45, 7) is 1.75. The number of imide groups is 2. The van der Waals surface area contributed by atoms with Gasteiger partial charge >= 0.3 is 0 Å². The van der Waals surface area contributed by atoms with Gasteiger partial charge in [0, 0.05) is 25.2 Å². The smallest absolute Gasteiger partial charge is 0.262 e. The van der Waals surface area contributed by atoms with Crippen LogP contribution in [-0.2, 0) is 14.4 Å². The highest BCUT2D eigenvalue weighted by Gasteiger charge is 2.44. The summed E-state index contributed by atoms with van der Waals surface area (Å²) in [5.74, 6) is -2.45. The summed E-state index contributed by atoms with van der Waals surface area (Å²) in [4.78, 5) is 64.1. The fraction of sp³-hybridized carbons (Fsp3) is 0.350. The second-order valence-electron chi connectivity index (χ2n) is 7.25. The Kier molecular flexibility index (Phi) is 4.98. The lowest BCUT2D eigenvalue weighted by molar-refractivity contribution is -0.136. The van der Waals surface area contributed by atoms with Crippen molar-refractivity contribution in [2.24, 2.45) is 0 Å². The Bertz CT molecular complexity index is 954. The molecule has 9 heteroatoms. The maximum absolute atomic E-state index is 12.8. The minimum atomic E-state index is -1.01. The molecule has 3 aliphatic rings. The van der Waals surface area contributed by atoms with E-state index in [-0.39, 0.29) is 36.4 Å². The van der Waals surface area contributed by atoms with Crippen molar-refractivity contribution in [2.75, 3.05) is 25.0 Å². The molecule has 0 aromatic heterocycles. The number of anilines is 1. The van der Waals surface area contributed by atoms with E-state index < -0.39 is 29.7 Å². The molecule has 3 heterocycles. The molecule has 1 aromatic rings. The molecule has 0 radical (unpaired) electrons. The fourth-order valence-corrected chi connectivity index (χ4v) is 3.79. The molecule has 0 aliphatic carbocycles. The number of fused-ring (bicyclic) bond motifs is 1. The van der Waals surface area contributed by atoms with Gasteiger partial charge in [0.15, 0.2) is 0 Å². The van der Waals surface area contributed by atoms with Gasteiger partial charge in [-0.3, -0.25) is 39.1 Å². The molecule has 2 N–H and O–H groups in total. The Morgan fingerprint density at radius 1 is 1.10 bits per heavy atom. The van der Waals surface area contributed by atoms with Crippen LogP contribution in [-0.4, -0.2) is 65.0 Å². The van der Waals surface area contributed by atoms with Gasteiger partial charge in [0.05, 0.1) is 17.7 Å². The summed E-state index contributed by atoms with van der Waals surface area (Å²) in [5.41, 5.74) is 0.727. The van der Waals surface area contributed by atoms with Crippen molar-refractivity contribution in [1.29, 1.82) is 0 Å². The summed E-state index contributed by atoms with van der Waals surface area (Å²) in [6.07, 6.45) is 5.16. The molecule has 9 nitrogen and oxygen atoms in total. The van der Waals surface area contributed by atoms with Gasteiger partial charge in [0.1, 0.15) is 6.04 Å². The molecule has 5 amide bonds. The number of nitrogens with one attached hydrogen (secondary N) is 2. The highest BCUT2D eigenvalue weighted by Crippen LogP contribution is 2.29. The first-order chi connectivity index (χ1) is 13.9. The van der Waals surface area contributed by atoms with Crippen LogP contribution in [0.5, 0.6) is 0 Å². The Balaban J connectivity index is 1.48. The molecule has 0 bridgehead atoms. The lowest BCUT2D eigenvalue weighted by Gasteiger charge is -2.27. The molecular formula is C20H20N4O5. The summed E-state index contributed by atoms with van der Waals surface area (Å²) < 4.78 is 0. The van der Waals surface area contributed by atoms with Crippen LogP contribution in [0.1, 0.15) is 40.0 Å². The van der Waals surface area contributed by atoms with Crippen molar-refractivity contribution < 1.29 is 24.0 Å². The van der Waals surface area contributed by atoms with Crippen LogP contribution < -0.4 is 10.6 Å². The summed E-state index contributed by atoms with van der Waals surface area (Å²) in [5, 5.41) is 4.91.